The minimum Gasteiger partial charge on any atom is -0.405 e. The largest absolute Gasteiger partial charge is 0.405 e. The van der Waals surface area contributed by atoms with Crippen LogP contribution in [0.1, 0.15) is 22.8 Å². The summed E-state index contributed by atoms with van der Waals surface area (Å²) in [6.45, 7) is 0. The number of hydrogen-bond donors (Lipinski definition) is 1. The number of nitrogens with zero attached hydrogens (tertiary/aromatic N) is 1. The molecule has 1 N–H and O–H groups in total. The fraction of sp³-hybridized carbons (Fsp3) is 0.125. The molecule has 0 saturated heterocycles. The summed E-state index contributed by atoms with van der Waals surface area (Å²) in [5.41, 5.74) is 2.95. The Balaban J connectivity index is 1.89. The van der Waals surface area contributed by atoms with Crippen molar-refractivity contribution in [3.63, 3.8) is 0 Å². The molecule has 4 rings (SSSR count). The third kappa shape index (κ3) is 2.06. The van der Waals surface area contributed by atoms with Crippen LogP contribution in [-0.2, 0) is 4.79 Å². The molecule has 0 saturated carbocycles. The Morgan fingerprint density at radius 2 is 2.05 bits per heavy atom. The SMILES string of the molecule is O=C1CC(c2cccs2)c2c(n[nH]c2-c2ccccc2)O1. The minimum absolute atomic E-state index is 0.00945. The Kier molecular flexibility index (Phi) is 2.86. The van der Waals surface area contributed by atoms with Crippen LogP contribution < -0.4 is 4.74 Å². The van der Waals surface area contributed by atoms with Gasteiger partial charge in [0.25, 0.3) is 0 Å². The highest BCUT2D eigenvalue weighted by atomic mass is 32.1. The van der Waals surface area contributed by atoms with E-state index >= 15 is 0 Å². The van der Waals surface area contributed by atoms with Crippen molar-refractivity contribution in [3.8, 4) is 17.1 Å². The van der Waals surface area contributed by atoms with E-state index in [-0.39, 0.29) is 11.9 Å². The second-order valence-corrected chi connectivity index (χ2v) is 5.91. The van der Waals surface area contributed by atoms with Crippen molar-refractivity contribution in [2.45, 2.75) is 12.3 Å². The number of aromatic amines is 1. The summed E-state index contributed by atoms with van der Waals surface area (Å²) in [6.07, 6.45) is 0.354. The summed E-state index contributed by atoms with van der Waals surface area (Å²) in [5.74, 6) is 0.186. The van der Waals surface area contributed by atoms with E-state index in [1.54, 1.807) is 11.3 Å². The van der Waals surface area contributed by atoms with Gasteiger partial charge in [0.2, 0.25) is 5.88 Å². The number of ether oxygens (including phenoxy) is 1. The molecule has 0 spiro atoms. The number of carbonyl (C=O) groups is 1. The fourth-order valence-electron chi connectivity index (χ4n) is 2.71. The van der Waals surface area contributed by atoms with Crippen molar-refractivity contribution in [3.05, 3.63) is 58.3 Å². The molecule has 1 aliphatic rings. The monoisotopic (exact) mass is 296 g/mol. The zero-order chi connectivity index (χ0) is 14.2. The maximum atomic E-state index is 11.8. The third-order valence-corrected chi connectivity index (χ3v) is 4.63. The van der Waals surface area contributed by atoms with Gasteiger partial charge < -0.3 is 4.74 Å². The molecule has 1 aliphatic heterocycles. The smallest absolute Gasteiger partial charge is 0.313 e. The number of benzene rings is 1. The van der Waals surface area contributed by atoms with Crippen LogP contribution in [0.3, 0.4) is 0 Å². The van der Waals surface area contributed by atoms with Crippen LogP contribution in [0.15, 0.2) is 47.8 Å². The van der Waals surface area contributed by atoms with E-state index in [0.29, 0.717) is 12.3 Å². The van der Waals surface area contributed by atoms with Gasteiger partial charge in [-0.3, -0.25) is 9.89 Å². The Morgan fingerprint density at radius 3 is 2.81 bits per heavy atom. The van der Waals surface area contributed by atoms with Gasteiger partial charge in [-0.15, -0.1) is 16.4 Å². The van der Waals surface area contributed by atoms with Crippen LogP contribution in [0, 0.1) is 0 Å². The van der Waals surface area contributed by atoms with Gasteiger partial charge in [-0.25, -0.2) is 0 Å². The molecule has 0 bridgehead atoms. The zero-order valence-corrected chi connectivity index (χ0v) is 11.9. The average Bonchev–Trinajstić information content (AvgIpc) is 3.16. The van der Waals surface area contributed by atoms with E-state index in [0.717, 1.165) is 21.7 Å². The Morgan fingerprint density at radius 1 is 1.19 bits per heavy atom. The topological polar surface area (TPSA) is 55.0 Å². The lowest BCUT2D eigenvalue weighted by atomic mass is 9.90. The van der Waals surface area contributed by atoms with Crippen LogP contribution in [-0.4, -0.2) is 16.2 Å². The molecule has 0 amide bonds. The van der Waals surface area contributed by atoms with E-state index in [4.69, 9.17) is 4.74 Å². The zero-order valence-electron chi connectivity index (χ0n) is 11.1. The second-order valence-electron chi connectivity index (χ2n) is 4.93. The number of esters is 1. The predicted octanol–water partition coefficient (Wildman–Crippen LogP) is 3.58. The highest BCUT2D eigenvalue weighted by molar-refractivity contribution is 7.10. The molecular formula is C16H12N2O2S. The van der Waals surface area contributed by atoms with E-state index in [2.05, 4.69) is 16.3 Å². The van der Waals surface area contributed by atoms with Crippen molar-refractivity contribution in [2.75, 3.05) is 0 Å². The molecule has 1 atom stereocenters. The third-order valence-electron chi connectivity index (χ3n) is 3.65. The fourth-order valence-corrected chi connectivity index (χ4v) is 3.55. The molecular weight excluding hydrogens is 284 g/mol. The summed E-state index contributed by atoms with van der Waals surface area (Å²) in [6, 6.07) is 14.0. The molecule has 1 aromatic carbocycles. The first kappa shape index (κ1) is 12.3. The van der Waals surface area contributed by atoms with Crippen molar-refractivity contribution in [1.29, 1.82) is 0 Å². The average molecular weight is 296 g/mol. The summed E-state index contributed by atoms with van der Waals surface area (Å²) in [5, 5.41) is 9.23. The first-order valence-corrected chi connectivity index (χ1v) is 7.58. The molecule has 0 aliphatic carbocycles. The first-order valence-electron chi connectivity index (χ1n) is 6.70. The molecule has 1 unspecified atom stereocenters. The van der Waals surface area contributed by atoms with E-state index < -0.39 is 0 Å². The van der Waals surface area contributed by atoms with Gasteiger partial charge in [0.15, 0.2) is 0 Å². The predicted molar refractivity (Wildman–Crippen MR) is 80.4 cm³/mol. The lowest BCUT2D eigenvalue weighted by Crippen LogP contribution is -2.20. The van der Waals surface area contributed by atoms with Crippen molar-refractivity contribution >= 4 is 17.3 Å². The number of hydrogen-bond acceptors (Lipinski definition) is 4. The van der Waals surface area contributed by atoms with E-state index in [1.807, 2.05) is 41.8 Å². The van der Waals surface area contributed by atoms with Gasteiger partial charge in [-0.05, 0) is 17.0 Å². The van der Waals surface area contributed by atoms with Gasteiger partial charge in [0, 0.05) is 10.8 Å². The molecule has 0 radical (unpaired) electrons. The highest BCUT2D eigenvalue weighted by Gasteiger charge is 2.34. The van der Waals surface area contributed by atoms with Crippen LogP contribution in [0.4, 0.5) is 0 Å². The van der Waals surface area contributed by atoms with Crippen LogP contribution >= 0.6 is 11.3 Å². The molecule has 104 valence electrons. The lowest BCUT2D eigenvalue weighted by molar-refractivity contribution is -0.135. The standard InChI is InChI=1S/C16H12N2O2S/c19-13-9-11(12-7-4-8-21-12)14-15(17-18-16(14)20-13)10-5-2-1-3-6-10/h1-8,11H,9H2,(H,17,18). The van der Waals surface area contributed by atoms with Crippen molar-refractivity contribution in [2.24, 2.45) is 0 Å². The molecule has 5 heteroatoms. The molecule has 0 fully saturated rings. The van der Waals surface area contributed by atoms with Crippen LogP contribution in [0.25, 0.3) is 11.3 Å². The maximum absolute atomic E-state index is 11.8. The normalized spacial score (nSPS) is 17.3. The van der Waals surface area contributed by atoms with Gasteiger partial charge in [-0.2, -0.15) is 0 Å². The van der Waals surface area contributed by atoms with Gasteiger partial charge in [-0.1, -0.05) is 36.4 Å². The Bertz CT molecular complexity index is 778. The Labute approximate surface area is 125 Å². The maximum Gasteiger partial charge on any atom is 0.313 e. The highest BCUT2D eigenvalue weighted by Crippen LogP contribution is 2.43. The number of rotatable bonds is 2. The second kappa shape index (κ2) is 4.86. The summed E-state index contributed by atoms with van der Waals surface area (Å²) in [4.78, 5) is 13.0. The minimum atomic E-state index is -0.230. The number of aromatic nitrogens is 2. The molecule has 3 aromatic rings. The summed E-state index contributed by atoms with van der Waals surface area (Å²) >= 11 is 1.65. The van der Waals surface area contributed by atoms with Crippen LogP contribution in [0.2, 0.25) is 0 Å². The number of H-pyrrole nitrogens is 1. The molecule has 21 heavy (non-hydrogen) atoms. The number of nitrogens with one attached hydrogen (secondary N) is 1. The van der Waals surface area contributed by atoms with Crippen molar-refractivity contribution in [1.82, 2.24) is 10.2 Å². The number of fused-ring (bicyclic) bond motifs is 1. The van der Waals surface area contributed by atoms with Crippen molar-refractivity contribution < 1.29 is 9.53 Å². The number of thiophene rings is 1. The Hall–Kier alpha value is -2.40. The summed E-state index contributed by atoms with van der Waals surface area (Å²) in [7, 11) is 0. The molecule has 4 nitrogen and oxygen atoms in total. The van der Waals surface area contributed by atoms with Gasteiger partial charge >= 0.3 is 5.97 Å². The molecule has 3 heterocycles. The van der Waals surface area contributed by atoms with Gasteiger partial charge in [0.1, 0.15) is 0 Å². The quantitative estimate of drug-likeness (QED) is 0.735. The van der Waals surface area contributed by atoms with Crippen LogP contribution in [0.5, 0.6) is 5.88 Å². The van der Waals surface area contributed by atoms with E-state index in [9.17, 15) is 4.79 Å². The lowest BCUT2D eigenvalue weighted by Gasteiger charge is -2.20. The first-order chi connectivity index (χ1) is 10.3. The van der Waals surface area contributed by atoms with E-state index in [1.165, 1.54) is 0 Å². The molecule has 2 aromatic heterocycles. The summed E-state index contributed by atoms with van der Waals surface area (Å²) < 4.78 is 5.29. The van der Waals surface area contributed by atoms with Gasteiger partial charge in [0.05, 0.1) is 17.7 Å². The number of carbonyl (C=O) groups excluding carboxylic acids is 1.